The van der Waals surface area contributed by atoms with E-state index in [0.29, 0.717) is 0 Å². The van der Waals surface area contributed by atoms with Gasteiger partial charge in [-0.3, -0.25) is 0 Å². The third-order valence-electron chi connectivity index (χ3n) is 1.17. The van der Waals surface area contributed by atoms with E-state index in [-0.39, 0.29) is 0 Å². The van der Waals surface area contributed by atoms with E-state index < -0.39 is 0 Å². The molecule has 1 N–H and O–H groups in total. The van der Waals surface area contributed by atoms with E-state index in [1.807, 2.05) is 0 Å². The molecule has 0 radical (unpaired) electrons. The zero-order valence-electron chi connectivity index (χ0n) is 5.41. The molecule has 0 atom stereocenters. The van der Waals surface area contributed by atoms with Crippen molar-refractivity contribution in [1.29, 1.82) is 0 Å². The SMILES string of the molecule is CCCc1nccn1O. The summed E-state index contributed by atoms with van der Waals surface area (Å²) < 4.78 is 1.06. The summed E-state index contributed by atoms with van der Waals surface area (Å²) in [6, 6.07) is 0. The van der Waals surface area contributed by atoms with Gasteiger partial charge >= 0.3 is 0 Å². The Kier molecular flexibility index (Phi) is 1.72. The monoisotopic (exact) mass is 126 g/mol. The van der Waals surface area contributed by atoms with Gasteiger partial charge in [-0.05, 0) is 6.42 Å². The van der Waals surface area contributed by atoms with Crippen molar-refractivity contribution in [3.8, 4) is 0 Å². The molecule has 1 heterocycles. The van der Waals surface area contributed by atoms with Crippen molar-refractivity contribution >= 4 is 0 Å². The van der Waals surface area contributed by atoms with Crippen LogP contribution in [0.25, 0.3) is 0 Å². The number of rotatable bonds is 2. The molecule has 0 amide bonds. The minimum atomic E-state index is 0.734. The summed E-state index contributed by atoms with van der Waals surface area (Å²) >= 11 is 0. The first-order valence-corrected chi connectivity index (χ1v) is 3.06. The number of hydrogen-bond donors (Lipinski definition) is 1. The summed E-state index contributed by atoms with van der Waals surface area (Å²) in [6.45, 7) is 2.05. The Hall–Kier alpha value is -0.990. The quantitative estimate of drug-likeness (QED) is 0.602. The van der Waals surface area contributed by atoms with Crippen molar-refractivity contribution in [2.24, 2.45) is 0 Å². The topological polar surface area (TPSA) is 38.0 Å². The first-order valence-electron chi connectivity index (χ1n) is 3.06. The van der Waals surface area contributed by atoms with Crippen molar-refractivity contribution in [2.75, 3.05) is 0 Å². The van der Waals surface area contributed by atoms with Gasteiger partial charge in [0.25, 0.3) is 0 Å². The molecular weight excluding hydrogens is 116 g/mol. The van der Waals surface area contributed by atoms with E-state index in [0.717, 1.165) is 23.4 Å². The van der Waals surface area contributed by atoms with Gasteiger partial charge in [0.2, 0.25) is 0 Å². The number of aryl methyl sites for hydroxylation is 1. The maximum atomic E-state index is 8.94. The molecule has 9 heavy (non-hydrogen) atoms. The van der Waals surface area contributed by atoms with E-state index in [4.69, 9.17) is 5.21 Å². The summed E-state index contributed by atoms with van der Waals surface area (Å²) in [7, 11) is 0. The van der Waals surface area contributed by atoms with Crippen LogP contribution in [-0.2, 0) is 6.42 Å². The largest absolute Gasteiger partial charge is 0.427 e. The molecule has 0 unspecified atom stereocenters. The van der Waals surface area contributed by atoms with Crippen LogP contribution >= 0.6 is 0 Å². The Labute approximate surface area is 53.9 Å². The fraction of sp³-hybridized carbons (Fsp3) is 0.500. The maximum Gasteiger partial charge on any atom is 0.144 e. The second-order valence-corrected chi connectivity index (χ2v) is 1.94. The molecular formula is C6H10N2O. The van der Waals surface area contributed by atoms with Crippen molar-refractivity contribution in [1.82, 2.24) is 9.71 Å². The molecule has 3 heteroatoms. The summed E-state index contributed by atoms with van der Waals surface area (Å²) in [4.78, 5) is 3.92. The lowest BCUT2D eigenvalue weighted by molar-refractivity contribution is 0.175. The third kappa shape index (κ3) is 1.22. The Balaban J connectivity index is 2.69. The van der Waals surface area contributed by atoms with E-state index in [2.05, 4.69) is 11.9 Å². The molecule has 0 saturated heterocycles. The summed E-state index contributed by atoms with van der Waals surface area (Å²) in [5.41, 5.74) is 0. The Morgan fingerprint density at radius 1 is 1.78 bits per heavy atom. The summed E-state index contributed by atoms with van der Waals surface area (Å²) in [6.07, 6.45) is 4.97. The van der Waals surface area contributed by atoms with E-state index >= 15 is 0 Å². The predicted octanol–water partition coefficient (Wildman–Crippen LogP) is 1.07. The van der Waals surface area contributed by atoms with Crippen molar-refractivity contribution in [3.63, 3.8) is 0 Å². The van der Waals surface area contributed by atoms with E-state index in [9.17, 15) is 0 Å². The molecule has 1 aromatic rings. The third-order valence-corrected chi connectivity index (χ3v) is 1.17. The summed E-state index contributed by atoms with van der Waals surface area (Å²) in [5.74, 6) is 0.734. The molecule has 3 nitrogen and oxygen atoms in total. The normalized spacial score (nSPS) is 9.89. The van der Waals surface area contributed by atoms with Crippen molar-refractivity contribution in [2.45, 2.75) is 19.8 Å². The van der Waals surface area contributed by atoms with Gasteiger partial charge in [-0.1, -0.05) is 6.92 Å². The van der Waals surface area contributed by atoms with Gasteiger partial charge in [-0.15, -0.1) is 0 Å². The molecule has 1 rings (SSSR count). The average Bonchev–Trinajstić information content (AvgIpc) is 2.18. The van der Waals surface area contributed by atoms with Gasteiger partial charge in [-0.2, -0.15) is 4.73 Å². The van der Waals surface area contributed by atoms with Crippen molar-refractivity contribution in [3.05, 3.63) is 18.2 Å². The number of hydrogen-bond acceptors (Lipinski definition) is 2. The lowest BCUT2D eigenvalue weighted by Crippen LogP contribution is -1.96. The Morgan fingerprint density at radius 2 is 2.56 bits per heavy atom. The molecule has 0 bridgehead atoms. The van der Waals surface area contributed by atoms with Gasteiger partial charge < -0.3 is 5.21 Å². The van der Waals surface area contributed by atoms with Crippen LogP contribution in [0.15, 0.2) is 12.4 Å². The number of nitrogens with zero attached hydrogens (tertiary/aromatic N) is 2. The average molecular weight is 126 g/mol. The molecule has 0 aliphatic heterocycles. The first kappa shape index (κ1) is 6.13. The van der Waals surface area contributed by atoms with Crippen LogP contribution < -0.4 is 0 Å². The van der Waals surface area contributed by atoms with E-state index in [1.54, 1.807) is 6.20 Å². The van der Waals surface area contributed by atoms with Crippen LogP contribution in [0.2, 0.25) is 0 Å². The van der Waals surface area contributed by atoms with Crippen LogP contribution in [0.4, 0.5) is 0 Å². The fourth-order valence-electron chi connectivity index (χ4n) is 0.730. The van der Waals surface area contributed by atoms with Gasteiger partial charge in [0.15, 0.2) is 0 Å². The first-order chi connectivity index (χ1) is 4.34. The second-order valence-electron chi connectivity index (χ2n) is 1.94. The molecule has 50 valence electrons. The lowest BCUT2D eigenvalue weighted by Gasteiger charge is -1.94. The minimum Gasteiger partial charge on any atom is -0.427 e. The van der Waals surface area contributed by atoms with Crippen LogP contribution in [0, 0.1) is 0 Å². The molecule has 0 aliphatic carbocycles. The highest BCUT2D eigenvalue weighted by Crippen LogP contribution is 1.96. The maximum absolute atomic E-state index is 8.94. The van der Waals surface area contributed by atoms with Crippen LogP contribution in [-0.4, -0.2) is 14.9 Å². The smallest absolute Gasteiger partial charge is 0.144 e. The number of aromatic nitrogens is 2. The van der Waals surface area contributed by atoms with Gasteiger partial charge in [0.1, 0.15) is 5.82 Å². The Morgan fingerprint density at radius 3 is 3.00 bits per heavy atom. The summed E-state index contributed by atoms with van der Waals surface area (Å²) in [5, 5.41) is 8.94. The molecule has 0 spiro atoms. The molecule has 0 aromatic carbocycles. The standard InChI is InChI=1S/C6H10N2O/c1-2-3-6-7-4-5-8(6)9/h4-5,9H,2-3H2,1H3. The van der Waals surface area contributed by atoms with Gasteiger partial charge in [0.05, 0.1) is 6.20 Å². The second kappa shape index (κ2) is 2.53. The Bertz CT molecular complexity index is 183. The highest BCUT2D eigenvalue weighted by Gasteiger charge is 1.96. The minimum absolute atomic E-state index is 0.734. The molecule has 1 aromatic heterocycles. The highest BCUT2D eigenvalue weighted by molar-refractivity contribution is 4.88. The lowest BCUT2D eigenvalue weighted by atomic mass is 10.3. The predicted molar refractivity (Wildman–Crippen MR) is 33.4 cm³/mol. The van der Waals surface area contributed by atoms with Crippen molar-refractivity contribution < 1.29 is 5.21 Å². The van der Waals surface area contributed by atoms with Crippen LogP contribution in [0.5, 0.6) is 0 Å². The molecule has 0 fully saturated rings. The van der Waals surface area contributed by atoms with Crippen LogP contribution in [0.1, 0.15) is 19.2 Å². The molecule has 0 saturated carbocycles. The zero-order valence-corrected chi connectivity index (χ0v) is 5.41. The van der Waals surface area contributed by atoms with Gasteiger partial charge in [0, 0.05) is 12.6 Å². The highest BCUT2D eigenvalue weighted by atomic mass is 16.5. The fourth-order valence-corrected chi connectivity index (χ4v) is 0.730. The molecule has 0 aliphatic rings. The van der Waals surface area contributed by atoms with Gasteiger partial charge in [-0.25, -0.2) is 4.98 Å². The number of imidazole rings is 1. The van der Waals surface area contributed by atoms with Crippen LogP contribution in [0.3, 0.4) is 0 Å². The van der Waals surface area contributed by atoms with E-state index in [1.165, 1.54) is 6.20 Å². The zero-order chi connectivity index (χ0) is 6.69.